The normalized spacial score (nSPS) is 11.5. The summed E-state index contributed by atoms with van der Waals surface area (Å²) in [4.78, 5) is 0. The van der Waals surface area contributed by atoms with Gasteiger partial charge in [-0.3, -0.25) is 5.43 Å². The molecule has 3 nitrogen and oxygen atoms in total. The fourth-order valence-corrected chi connectivity index (χ4v) is 1.47. The van der Waals surface area contributed by atoms with Gasteiger partial charge in [0.1, 0.15) is 0 Å². The molecule has 1 N–H and O–H groups in total. The topological polar surface area (TPSA) is 37.5 Å². The van der Waals surface area contributed by atoms with E-state index < -0.39 is 0 Å². The zero-order valence-electron chi connectivity index (χ0n) is 8.77. The van der Waals surface area contributed by atoms with Gasteiger partial charge in [0.2, 0.25) is 0 Å². The van der Waals surface area contributed by atoms with E-state index in [0.29, 0.717) is 0 Å². The summed E-state index contributed by atoms with van der Waals surface area (Å²) in [5, 5.41) is 4.26. The van der Waals surface area contributed by atoms with Gasteiger partial charge in [-0.1, -0.05) is 15.9 Å². The molecule has 0 unspecified atom stereocenters. The Morgan fingerprint density at radius 3 is 2.62 bits per heavy atom. The van der Waals surface area contributed by atoms with Gasteiger partial charge in [0.05, 0.1) is 23.9 Å². The van der Waals surface area contributed by atoms with Crippen LogP contribution in [0.15, 0.2) is 56.8 Å². The number of halogens is 1. The van der Waals surface area contributed by atoms with Gasteiger partial charge in [0, 0.05) is 10.0 Å². The molecule has 16 heavy (non-hydrogen) atoms. The first-order chi connectivity index (χ1) is 7.75. The van der Waals surface area contributed by atoms with E-state index in [-0.39, 0.29) is 0 Å². The SMILES string of the molecule is C/C(=N\Nc1ccc(Br)cc1)c1ccoc1. The zero-order chi connectivity index (χ0) is 11.4. The average molecular weight is 279 g/mol. The molecule has 4 heteroatoms. The molecule has 1 aromatic carbocycles. The zero-order valence-corrected chi connectivity index (χ0v) is 10.4. The Bertz CT molecular complexity index is 474. The number of hydrazone groups is 1. The third-order valence-electron chi connectivity index (χ3n) is 2.14. The number of benzene rings is 1. The average Bonchev–Trinajstić information content (AvgIpc) is 2.81. The van der Waals surface area contributed by atoms with Crippen molar-refractivity contribution in [1.29, 1.82) is 0 Å². The van der Waals surface area contributed by atoms with Gasteiger partial charge < -0.3 is 4.42 Å². The van der Waals surface area contributed by atoms with Gasteiger partial charge >= 0.3 is 0 Å². The van der Waals surface area contributed by atoms with Crippen molar-refractivity contribution in [2.24, 2.45) is 5.10 Å². The van der Waals surface area contributed by atoms with Crippen LogP contribution in [0, 0.1) is 0 Å². The van der Waals surface area contributed by atoms with E-state index in [4.69, 9.17) is 4.42 Å². The smallest absolute Gasteiger partial charge is 0.0993 e. The predicted octanol–water partition coefficient (Wildman–Crippen LogP) is 3.88. The Hall–Kier alpha value is -1.55. The Labute approximate surface area is 102 Å². The van der Waals surface area contributed by atoms with Gasteiger partial charge in [-0.25, -0.2) is 0 Å². The van der Waals surface area contributed by atoms with E-state index in [1.165, 1.54) is 0 Å². The molecule has 0 fully saturated rings. The Morgan fingerprint density at radius 2 is 2.00 bits per heavy atom. The van der Waals surface area contributed by atoms with Crippen LogP contribution in [-0.2, 0) is 0 Å². The molecule has 0 atom stereocenters. The maximum Gasteiger partial charge on any atom is 0.0993 e. The van der Waals surface area contributed by atoms with Crippen LogP contribution in [0.25, 0.3) is 0 Å². The van der Waals surface area contributed by atoms with Gasteiger partial charge in [0.25, 0.3) is 0 Å². The van der Waals surface area contributed by atoms with E-state index in [9.17, 15) is 0 Å². The first-order valence-electron chi connectivity index (χ1n) is 4.84. The summed E-state index contributed by atoms with van der Waals surface area (Å²) >= 11 is 3.38. The number of nitrogens with zero attached hydrogens (tertiary/aromatic N) is 1. The Balaban J connectivity index is 2.06. The lowest BCUT2D eigenvalue weighted by Gasteiger charge is -2.01. The number of hydrogen-bond acceptors (Lipinski definition) is 3. The molecule has 0 aliphatic rings. The van der Waals surface area contributed by atoms with Gasteiger partial charge in [0.15, 0.2) is 0 Å². The minimum Gasteiger partial charge on any atom is -0.472 e. The van der Waals surface area contributed by atoms with Crippen molar-refractivity contribution in [3.05, 3.63) is 52.9 Å². The van der Waals surface area contributed by atoms with Crippen molar-refractivity contribution in [2.75, 3.05) is 5.43 Å². The van der Waals surface area contributed by atoms with E-state index >= 15 is 0 Å². The highest BCUT2D eigenvalue weighted by molar-refractivity contribution is 9.10. The molecular formula is C12H11BrN2O. The standard InChI is InChI=1S/C12H11BrN2O/c1-9(10-6-7-16-8-10)14-15-12-4-2-11(13)3-5-12/h2-8,15H,1H3/b14-9+. The first kappa shape index (κ1) is 11.0. The highest BCUT2D eigenvalue weighted by Gasteiger charge is 1.97. The molecule has 1 aromatic heterocycles. The van der Waals surface area contributed by atoms with Crippen molar-refractivity contribution >= 4 is 27.3 Å². The largest absolute Gasteiger partial charge is 0.472 e. The number of anilines is 1. The van der Waals surface area contributed by atoms with Crippen LogP contribution in [0.1, 0.15) is 12.5 Å². The summed E-state index contributed by atoms with van der Waals surface area (Å²) in [5.74, 6) is 0. The molecule has 82 valence electrons. The second-order valence-electron chi connectivity index (χ2n) is 3.33. The fraction of sp³-hybridized carbons (Fsp3) is 0.0833. The number of furan rings is 1. The van der Waals surface area contributed by atoms with Crippen molar-refractivity contribution < 1.29 is 4.42 Å². The second-order valence-corrected chi connectivity index (χ2v) is 4.24. The highest BCUT2D eigenvalue weighted by atomic mass is 79.9. The van der Waals surface area contributed by atoms with Crippen LogP contribution in [-0.4, -0.2) is 5.71 Å². The van der Waals surface area contributed by atoms with Gasteiger partial charge in [-0.15, -0.1) is 0 Å². The van der Waals surface area contributed by atoms with Crippen LogP contribution in [0.4, 0.5) is 5.69 Å². The van der Waals surface area contributed by atoms with Crippen LogP contribution in [0.3, 0.4) is 0 Å². The lowest BCUT2D eigenvalue weighted by molar-refractivity contribution is 0.567. The molecular weight excluding hydrogens is 268 g/mol. The first-order valence-corrected chi connectivity index (χ1v) is 5.63. The van der Waals surface area contributed by atoms with Crippen LogP contribution < -0.4 is 5.43 Å². The second kappa shape index (κ2) is 4.99. The quantitative estimate of drug-likeness (QED) is 0.684. The molecule has 0 saturated heterocycles. The van der Waals surface area contributed by atoms with Crippen molar-refractivity contribution in [3.8, 4) is 0 Å². The van der Waals surface area contributed by atoms with Crippen LogP contribution >= 0.6 is 15.9 Å². The molecule has 1 heterocycles. The summed E-state index contributed by atoms with van der Waals surface area (Å²) in [6.07, 6.45) is 3.30. The Kier molecular flexibility index (Phi) is 3.41. The van der Waals surface area contributed by atoms with Gasteiger partial charge in [-0.05, 0) is 37.3 Å². The molecule has 0 aliphatic heterocycles. The lowest BCUT2D eigenvalue weighted by Crippen LogP contribution is -1.97. The molecule has 0 aliphatic carbocycles. The summed E-state index contributed by atoms with van der Waals surface area (Å²) in [6.45, 7) is 1.93. The van der Waals surface area contributed by atoms with Gasteiger partial charge in [-0.2, -0.15) is 5.10 Å². The van der Waals surface area contributed by atoms with Crippen molar-refractivity contribution in [1.82, 2.24) is 0 Å². The Morgan fingerprint density at radius 1 is 1.25 bits per heavy atom. The molecule has 0 amide bonds. The molecule has 2 rings (SSSR count). The summed E-state index contributed by atoms with van der Waals surface area (Å²) in [6, 6.07) is 9.71. The van der Waals surface area contributed by atoms with Crippen LogP contribution in [0.5, 0.6) is 0 Å². The van der Waals surface area contributed by atoms with Crippen molar-refractivity contribution in [3.63, 3.8) is 0 Å². The van der Waals surface area contributed by atoms with E-state index in [0.717, 1.165) is 21.4 Å². The molecule has 2 aromatic rings. The third kappa shape index (κ3) is 2.73. The number of hydrogen-bond donors (Lipinski definition) is 1. The minimum atomic E-state index is 0.886. The van der Waals surface area contributed by atoms with E-state index in [1.54, 1.807) is 12.5 Å². The summed E-state index contributed by atoms with van der Waals surface area (Å²) in [7, 11) is 0. The minimum absolute atomic E-state index is 0.886. The molecule has 0 bridgehead atoms. The van der Waals surface area contributed by atoms with Crippen LogP contribution in [0.2, 0.25) is 0 Å². The van der Waals surface area contributed by atoms with E-state index in [1.807, 2.05) is 37.3 Å². The maximum absolute atomic E-state index is 4.99. The molecule has 0 spiro atoms. The highest BCUT2D eigenvalue weighted by Crippen LogP contribution is 2.14. The third-order valence-corrected chi connectivity index (χ3v) is 2.66. The molecule has 0 radical (unpaired) electrons. The predicted molar refractivity (Wildman–Crippen MR) is 68.7 cm³/mol. The molecule has 0 saturated carbocycles. The lowest BCUT2D eigenvalue weighted by atomic mass is 10.2. The number of nitrogens with one attached hydrogen (secondary N) is 1. The number of rotatable bonds is 3. The summed E-state index contributed by atoms with van der Waals surface area (Å²) < 4.78 is 6.04. The fourth-order valence-electron chi connectivity index (χ4n) is 1.21. The maximum atomic E-state index is 4.99. The monoisotopic (exact) mass is 278 g/mol. The summed E-state index contributed by atoms with van der Waals surface area (Å²) in [5.41, 5.74) is 5.80. The van der Waals surface area contributed by atoms with Crippen molar-refractivity contribution in [2.45, 2.75) is 6.92 Å². The van der Waals surface area contributed by atoms with E-state index in [2.05, 4.69) is 26.5 Å².